The second-order valence-electron chi connectivity index (χ2n) is 7.39. The van der Waals surface area contributed by atoms with E-state index in [2.05, 4.69) is 15.0 Å². The summed E-state index contributed by atoms with van der Waals surface area (Å²) in [6.07, 6.45) is 1.54. The monoisotopic (exact) mass is 463 g/mol. The van der Waals surface area contributed by atoms with Gasteiger partial charge in [-0.05, 0) is 26.0 Å². The van der Waals surface area contributed by atoms with Gasteiger partial charge in [0.2, 0.25) is 11.8 Å². The first kappa shape index (κ1) is 21.5. The van der Waals surface area contributed by atoms with Gasteiger partial charge in [0.1, 0.15) is 18.6 Å². The molecule has 2 aromatic heterocycles. The molecule has 4 rings (SSSR count). The molecule has 8 nitrogen and oxygen atoms in total. The van der Waals surface area contributed by atoms with E-state index in [1.807, 2.05) is 36.9 Å². The number of hydrogen-bond donors (Lipinski definition) is 0. The van der Waals surface area contributed by atoms with Crippen LogP contribution in [0.1, 0.15) is 11.4 Å². The number of anilines is 1. The summed E-state index contributed by atoms with van der Waals surface area (Å²) in [7, 11) is 1.60. The molecule has 1 saturated heterocycles. The molecule has 0 N–H and O–H groups in total. The van der Waals surface area contributed by atoms with Gasteiger partial charge in [0.25, 0.3) is 0 Å². The summed E-state index contributed by atoms with van der Waals surface area (Å²) in [6, 6.07) is 5.70. The number of aromatic nitrogens is 3. The molecule has 0 spiro atoms. The highest BCUT2D eigenvalue weighted by molar-refractivity contribution is 6.33. The molecule has 3 heterocycles. The van der Waals surface area contributed by atoms with Crippen molar-refractivity contribution in [3.05, 3.63) is 45.9 Å². The Balaban J connectivity index is 1.41. The molecule has 0 saturated carbocycles. The van der Waals surface area contributed by atoms with E-state index < -0.39 is 0 Å². The number of oxazole rings is 1. The topological polar surface area (TPSA) is 76.6 Å². The van der Waals surface area contributed by atoms with E-state index in [4.69, 9.17) is 32.4 Å². The Bertz CT molecular complexity index is 1100. The highest BCUT2D eigenvalue weighted by Gasteiger charge is 2.25. The van der Waals surface area contributed by atoms with Crippen LogP contribution in [0.25, 0.3) is 11.6 Å². The third kappa shape index (κ3) is 4.36. The molecular formula is C21H23Cl2N5O3. The normalized spacial score (nSPS) is 14.2. The van der Waals surface area contributed by atoms with Crippen molar-refractivity contribution in [3.63, 3.8) is 0 Å². The van der Waals surface area contributed by atoms with Gasteiger partial charge in [0.15, 0.2) is 5.69 Å². The zero-order valence-electron chi connectivity index (χ0n) is 17.6. The van der Waals surface area contributed by atoms with Crippen molar-refractivity contribution < 1.29 is 13.9 Å². The van der Waals surface area contributed by atoms with Crippen LogP contribution in [-0.2, 0) is 11.3 Å². The number of carbonyl (C=O) groups is 1. The average Bonchev–Trinajstić information content (AvgIpc) is 3.32. The van der Waals surface area contributed by atoms with E-state index >= 15 is 0 Å². The molecule has 0 atom stereocenters. The van der Waals surface area contributed by atoms with Crippen LogP contribution in [-0.4, -0.2) is 58.9 Å². The number of amides is 1. The van der Waals surface area contributed by atoms with Gasteiger partial charge in [0.05, 0.1) is 28.5 Å². The van der Waals surface area contributed by atoms with Crippen molar-refractivity contribution in [2.75, 3.05) is 38.2 Å². The predicted molar refractivity (Wildman–Crippen MR) is 119 cm³/mol. The summed E-state index contributed by atoms with van der Waals surface area (Å²) in [5, 5.41) is 5.48. The van der Waals surface area contributed by atoms with Crippen molar-refractivity contribution in [2.45, 2.75) is 20.4 Å². The third-order valence-electron chi connectivity index (χ3n) is 5.37. The molecule has 31 heavy (non-hydrogen) atoms. The summed E-state index contributed by atoms with van der Waals surface area (Å²) in [5.74, 6) is 0.982. The van der Waals surface area contributed by atoms with Crippen LogP contribution < -0.4 is 9.64 Å². The average molecular weight is 464 g/mol. The summed E-state index contributed by atoms with van der Waals surface area (Å²) in [6.45, 7) is 6.43. The maximum Gasteiger partial charge on any atom is 0.248 e. The Morgan fingerprint density at radius 2 is 1.94 bits per heavy atom. The Kier molecular flexibility index (Phi) is 6.11. The van der Waals surface area contributed by atoms with E-state index in [1.54, 1.807) is 18.1 Å². The zero-order valence-corrected chi connectivity index (χ0v) is 19.1. The summed E-state index contributed by atoms with van der Waals surface area (Å²) in [4.78, 5) is 21.2. The molecule has 1 aromatic carbocycles. The minimum Gasteiger partial charge on any atom is -0.495 e. The fourth-order valence-electron chi connectivity index (χ4n) is 3.56. The second-order valence-corrected chi connectivity index (χ2v) is 8.17. The number of nitrogens with zero attached hydrogens (tertiary/aromatic N) is 5. The minimum atomic E-state index is -0.00858. The number of aryl methyl sites for hydroxylation is 1. The smallest absolute Gasteiger partial charge is 0.248 e. The summed E-state index contributed by atoms with van der Waals surface area (Å²) >= 11 is 12.5. The largest absolute Gasteiger partial charge is 0.495 e. The SMILES string of the molecule is COc1cc(N2CCN(C(=O)Cn3nc(-c4nc(C)co4)c(Cl)c3C)CC2)ccc1Cl. The van der Waals surface area contributed by atoms with E-state index in [0.717, 1.165) is 24.5 Å². The van der Waals surface area contributed by atoms with Gasteiger partial charge >= 0.3 is 0 Å². The maximum absolute atomic E-state index is 12.9. The number of piperazine rings is 1. The van der Waals surface area contributed by atoms with Crippen LogP contribution in [0.5, 0.6) is 5.75 Å². The van der Waals surface area contributed by atoms with Gasteiger partial charge in [-0.15, -0.1) is 0 Å². The fourth-order valence-corrected chi connectivity index (χ4v) is 3.98. The fraction of sp³-hybridized carbons (Fsp3) is 0.381. The highest BCUT2D eigenvalue weighted by atomic mass is 35.5. The van der Waals surface area contributed by atoms with Gasteiger partial charge in [-0.3, -0.25) is 9.48 Å². The Morgan fingerprint density at radius 3 is 2.58 bits per heavy atom. The van der Waals surface area contributed by atoms with Gasteiger partial charge in [-0.25, -0.2) is 4.98 Å². The van der Waals surface area contributed by atoms with Crippen molar-refractivity contribution >= 4 is 34.8 Å². The predicted octanol–water partition coefficient (Wildman–Crippen LogP) is 3.82. The molecule has 0 unspecified atom stereocenters. The van der Waals surface area contributed by atoms with Crippen LogP contribution in [0, 0.1) is 13.8 Å². The van der Waals surface area contributed by atoms with E-state index in [0.29, 0.717) is 46.2 Å². The Morgan fingerprint density at radius 1 is 1.19 bits per heavy atom. The first-order valence-electron chi connectivity index (χ1n) is 9.89. The van der Waals surface area contributed by atoms with Gasteiger partial charge in [-0.1, -0.05) is 23.2 Å². The molecule has 164 valence electrons. The summed E-state index contributed by atoms with van der Waals surface area (Å²) in [5.41, 5.74) is 2.91. The number of carbonyl (C=O) groups excluding carboxylic acids is 1. The lowest BCUT2D eigenvalue weighted by Gasteiger charge is -2.36. The van der Waals surface area contributed by atoms with Gasteiger partial charge in [-0.2, -0.15) is 5.10 Å². The molecule has 0 radical (unpaired) electrons. The number of benzene rings is 1. The van der Waals surface area contributed by atoms with Crippen LogP contribution in [0.15, 0.2) is 28.9 Å². The van der Waals surface area contributed by atoms with E-state index in [-0.39, 0.29) is 12.5 Å². The highest BCUT2D eigenvalue weighted by Crippen LogP contribution is 2.31. The minimum absolute atomic E-state index is 0.00858. The van der Waals surface area contributed by atoms with Crippen LogP contribution in [0.2, 0.25) is 10.0 Å². The Labute approximate surface area is 190 Å². The van der Waals surface area contributed by atoms with Crippen LogP contribution in [0.4, 0.5) is 5.69 Å². The van der Waals surface area contributed by atoms with E-state index in [9.17, 15) is 4.79 Å². The number of halogens is 2. The molecule has 1 aliphatic rings. The molecule has 3 aromatic rings. The maximum atomic E-state index is 12.9. The first-order chi connectivity index (χ1) is 14.9. The number of hydrogen-bond acceptors (Lipinski definition) is 6. The van der Waals surface area contributed by atoms with Gasteiger partial charge < -0.3 is 19.0 Å². The first-order valence-corrected chi connectivity index (χ1v) is 10.6. The number of ether oxygens (including phenoxy) is 1. The third-order valence-corrected chi connectivity index (χ3v) is 6.14. The van der Waals surface area contributed by atoms with Crippen LogP contribution in [0.3, 0.4) is 0 Å². The molecule has 10 heteroatoms. The second kappa shape index (κ2) is 8.80. The number of methoxy groups -OCH3 is 1. The lowest BCUT2D eigenvalue weighted by Crippen LogP contribution is -2.49. The molecule has 0 bridgehead atoms. The molecule has 1 aliphatic heterocycles. The lowest BCUT2D eigenvalue weighted by molar-refractivity contribution is -0.132. The molecule has 1 fully saturated rings. The standard InChI is InChI=1S/C21H23Cl2N5O3/c1-13-12-31-21(24-13)20-19(23)14(2)28(25-20)11-18(29)27-8-6-26(7-9-27)15-4-5-16(22)17(10-15)30-3/h4-5,10,12H,6-9,11H2,1-3H3. The number of rotatable bonds is 5. The molecular weight excluding hydrogens is 441 g/mol. The van der Waals surface area contributed by atoms with E-state index in [1.165, 1.54) is 0 Å². The van der Waals surface area contributed by atoms with Crippen molar-refractivity contribution in [1.29, 1.82) is 0 Å². The Hall–Kier alpha value is -2.71. The van der Waals surface area contributed by atoms with Crippen LogP contribution >= 0.6 is 23.2 Å². The van der Waals surface area contributed by atoms with Crippen molar-refractivity contribution in [2.24, 2.45) is 0 Å². The van der Waals surface area contributed by atoms with Crippen molar-refractivity contribution in [3.8, 4) is 17.3 Å². The molecule has 1 amide bonds. The van der Waals surface area contributed by atoms with Gasteiger partial charge in [0, 0.05) is 37.9 Å². The van der Waals surface area contributed by atoms with Crippen molar-refractivity contribution in [1.82, 2.24) is 19.7 Å². The molecule has 0 aliphatic carbocycles. The summed E-state index contributed by atoms with van der Waals surface area (Å²) < 4.78 is 12.3. The zero-order chi connectivity index (χ0) is 22.1. The quantitative estimate of drug-likeness (QED) is 0.572. The lowest BCUT2D eigenvalue weighted by atomic mass is 10.2.